The zero-order valence-electron chi connectivity index (χ0n) is 14.8. The summed E-state index contributed by atoms with van der Waals surface area (Å²) in [4.78, 5) is 23.5. The Kier molecular flexibility index (Phi) is 6.75. The Morgan fingerprint density at radius 1 is 1.09 bits per heavy atom. The monoisotopic (exact) mass is 379 g/mol. The van der Waals surface area contributed by atoms with Gasteiger partial charge in [0.2, 0.25) is 0 Å². The molecule has 0 amide bonds. The third-order valence-corrected chi connectivity index (χ3v) is 4.70. The average Bonchev–Trinajstić information content (AvgIpc) is 2.46. The topological polar surface area (TPSA) is 46.2 Å². The molecule has 0 atom stereocenters. The molecule has 1 aromatic rings. The molecule has 23 heavy (non-hydrogen) atoms. The first-order valence-corrected chi connectivity index (χ1v) is 8.59. The predicted molar refractivity (Wildman–Crippen MR) is 100 cm³/mol. The van der Waals surface area contributed by atoms with E-state index in [1.54, 1.807) is 13.8 Å². The number of carbonyl (C=O) groups excluding carboxylic acids is 2. The van der Waals surface area contributed by atoms with Crippen molar-refractivity contribution >= 4 is 33.2 Å². The van der Waals surface area contributed by atoms with Gasteiger partial charge in [0.05, 0.1) is 0 Å². The van der Waals surface area contributed by atoms with E-state index < -0.39 is 0 Å². The summed E-state index contributed by atoms with van der Waals surface area (Å²) in [6, 6.07) is 6.23. The first-order chi connectivity index (χ1) is 10.5. The molecule has 0 aliphatic rings. The number of anilines is 1. The third kappa shape index (κ3) is 5.61. The van der Waals surface area contributed by atoms with Gasteiger partial charge in [0.1, 0.15) is 0 Å². The van der Waals surface area contributed by atoms with E-state index in [1.807, 2.05) is 6.07 Å². The van der Waals surface area contributed by atoms with Gasteiger partial charge in [-0.15, -0.1) is 0 Å². The Morgan fingerprint density at radius 3 is 2.22 bits per heavy atom. The molecule has 0 heterocycles. The van der Waals surface area contributed by atoms with Crippen LogP contribution in [0.25, 0.3) is 0 Å². The van der Waals surface area contributed by atoms with Crippen LogP contribution in [-0.4, -0.2) is 18.1 Å². The molecule has 126 valence electrons. The quantitative estimate of drug-likeness (QED) is 0.703. The number of hydrogen-bond acceptors (Lipinski definition) is 3. The van der Waals surface area contributed by atoms with Gasteiger partial charge in [0, 0.05) is 23.1 Å². The number of rotatable bonds is 6. The number of ketones is 2. The molecule has 0 unspecified atom stereocenters. The molecular weight excluding hydrogens is 354 g/mol. The van der Waals surface area contributed by atoms with Crippen LogP contribution in [0.2, 0.25) is 0 Å². The molecule has 0 aliphatic carbocycles. The van der Waals surface area contributed by atoms with E-state index in [1.165, 1.54) is 12.5 Å². The smallest absolute Gasteiger partial charge is 0.160 e. The number of Topliss-reactive ketones (excluding diaryl/α,β-unsaturated/α-hetero) is 2. The average molecular weight is 380 g/mol. The molecule has 0 bridgehead atoms. The first-order valence-electron chi connectivity index (χ1n) is 7.79. The Labute approximate surface area is 147 Å². The largest absolute Gasteiger partial charge is 0.384 e. The fourth-order valence-corrected chi connectivity index (χ4v) is 2.49. The maximum absolute atomic E-state index is 12.1. The third-order valence-electron chi connectivity index (χ3n) is 4.01. The van der Waals surface area contributed by atoms with E-state index in [2.05, 4.69) is 54.2 Å². The normalized spacial score (nSPS) is 12.7. The van der Waals surface area contributed by atoms with Crippen LogP contribution in [0.4, 0.5) is 5.69 Å². The molecule has 3 nitrogen and oxygen atoms in total. The minimum absolute atomic E-state index is 0.00768. The fourth-order valence-electron chi connectivity index (χ4n) is 2.10. The van der Waals surface area contributed by atoms with Crippen LogP contribution >= 0.6 is 15.9 Å². The van der Waals surface area contributed by atoms with E-state index in [9.17, 15) is 9.59 Å². The zero-order valence-corrected chi connectivity index (χ0v) is 16.4. The van der Waals surface area contributed by atoms with Gasteiger partial charge in [0.25, 0.3) is 0 Å². The summed E-state index contributed by atoms with van der Waals surface area (Å²) in [5.41, 5.74) is 3.39. The molecule has 0 saturated carbocycles. The van der Waals surface area contributed by atoms with E-state index in [0.717, 1.165) is 10.2 Å². The number of allylic oxidation sites excluding steroid dienone is 2. The van der Waals surface area contributed by atoms with Gasteiger partial charge in [-0.3, -0.25) is 9.59 Å². The molecule has 0 fully saturated rings. The molecule has 0 spiro atoms. The van der Waals surface area contributed by atoms with Crippen molar-refractivity contribution in [3.63, 3.8) is 0 Å². The Bertz CT molecular complexity index is 639. The van der Waals surface area contributed by atoms with Gasteiger partial charge < -0.3 is 5.32 Å². The van der Waals surface area contributed by atoms with E-state index in [4.69, 9.17) is 0 Å². The summed E-state index contributed by atoms with van der Waals surface area (Å²) in [6.45, 7) is 11.9. The number of benzene rings is 1. The maximum atomic E-state index is 12.1. The van der Waals surface area contributed by atoms with Crippen molar-refractivity contribution in [1.29, 1.82) is 0 Å². The summed E-state index contributed by atoms with van der Waals surface area (Å²) >= 11 is 3.53. The van der Waals surface area contributed by atoms with Crippen LogP contribution in [0.1, 0.15) is 53.5 Å². The molecule has 4 heteroatoms. The molecule has 0 saturated heterocycles. The van der Waals surface area contributed by atoms with Crippen molar-refractivity contribution in [3.8, 4) is 0 Å². The first kappa shape index (κ1) is 19.6. The van der Waals surface area contributed by atoms with Crippen molar-refractivity contribution in [2.75, 3.05) is 11.9 Å². The van der Waals surface area contributed by atoms with Crippen molar-refractivity contribution < 1.29 is 9.59 Å². The van der Waals surface area contributed by atoms with Gasteiger partial charge in [-0.05, 0) is 71.0 Å². The minimum atomic E-state index is -0.0515. The zero-order chi connectivity index (χ0) is 17.8. The molecule has 1 rings (SSSR count). The second-order valence-electron chi connectivity index (χ2n) is 6.85. The highest BCUT2D eigenvalue weighted by Gasteiger charge is 2.15. The van der Waals surface area contributed by atoms with Gasteiger partial charge in [-0.1, -0.05) is 26.8 Å². The summed E-state index contributed by atoms with van der Waals surface area (Å²) in [5.74, 6) is -0.0438. The lowest BCUT2D eigenvalue weighted by Crippen LogP contribution is -2.14. The molecule has 0 radical (unpaired) electrons. The van der Waals surface area contributed by atoms with Crippen LogP contribution in [0.3, 0.4) is 0 Å². The van der Waals surface area contributed by atoms with Crippen LogP contribution in [0.15, 0.2) is 33.8 Å². The summed E-state index contributed by atoms with van der Waals surface area (Å²) in [5, 5.41) is 3.30. The summed E-state index contributed by atoms with van der Waals surface area (Å²) in [7, 11) is 0. The second-order valence-corrected chi connectivity index (χ2v) is 7.71. The molecular formula is C19H26BrNO2. The van der Waals surface area contributed by atoms with Crippen molar-refractivity contribution in [2.45, 2.75) is 53.4 Å². The van der Waals surface area contributed by atoms with Gasteiger partial charge in [0.15, 0.2) is 11.6 Å². The molecule has 0 aromatic heterocycles. The van der Waals surface area contributed by atoms with Crippen LogP contribution in [0, 0.1) is 0 Å². The predicted octanol–water partition coefficient (Wildman–Crippen LogP) is 5.04. The Morgan fingerprint density at radius 2 is 1.70 bits per heavy atom. The highest BCUT2D eigenvalue weighted by atomic mass is 79.9. The van der Waals surface area contributed by atoms with E-state index in [0.29, 0.717) is 24.1 Å². The lowest BCUT2D eigenvalue weighted by Gasteiger charge is -2.21. The van der Waals surface area contributed by atoms with Crippen LogP contribution in [-0.2, 0) is 15.0 Å². The summed E-state index contributed by atoms with van der Waals surface area (Å²) < 4.78 is 0.977. The number of nitrogens with one attached hydrogen (secondary N) is 1. The lowest BCUT2D eigenvalue weighted by molar-refractivity contribution is -0.117. The standard InChI is InChI=1S/C19H26BrNO2/c1-12(14(3)22)13(2)18(23)9-10-21-17-11-15(19(4,5)6)7-8-16(17)20/h7-8,11,21H,9-10H2,1-6H3/b13-12-. The molecule has 1 N–H and O–H groups in total. The van der Waals surface area contributed by atoms with Crippen molar-refractivity contribution in [1.82, 2.24) is 0 Å². The van der Waals surface area contributed by atoms with Crippen molar-refractivity contribution in [3.05, 3.63) is 39.4 Å². The van der Waals surface area contributed by atoms with Crippen molar-refractivity contribution in [2.24, 2.45) is 0 Å². The van der Waals surface area contributed by atoms with Gasteiger partial charge >= 0.3 is 0 Å². The van der Waals surface area contributed by atoms with E-state index >= 15 is 0 Å². The van der Waals surface area contributed by atoms with E-state index in [-0.39, 0.29) is 17.0 Å². The minimum Gasteiger partial charge on any atom is -0.384 e. The van der Waals surface area contributed by atoms with Crippen LogP contribution < -0.4 is 5.32 Å². The van der Waals surface area contributed by atoms with Gasteiger partial charge in [-0.25, -0.2) is 0 Å². The Hall–Kier alpha value is -1.42. The fraction of sp³-hybridized carbons (Fsp3) is 0.474. The Balaban J connectivity index is 2.75. The van der Waals surface area contributed by atoms with Crippen LogP contribution in [0.5, 0.6) is 0 Å². The second kappa shape index (κ2) is 7.91. The number of halogens is 1. The SMILES string of the molecule is CC(=O)/C(C)=C(/C)C(=O)CCNc1cc(C(C)(C)C)ccc1Br. The number of carbonyl (C=O) groups is 2. The summed E-state index contributed by atoms with van der Waals surface area (Å²) in [6.07, 6.45) is 0.364. The highest BCUT2D eigenvalue weighted by molar-refractivity contribution is 9.10. The molecule has 1 aromatic carbocycles. The highest BCUT2D eigenvalue weighted by Crippen LogP contribution is 2.30. The number of hydrogen-bond donors (Lipinski definition) is 1. The maximum Gasteiger partial charge on any atom is 0.160 e. The molecule has 0 aliphatic heterocycles. The lowest BCUT2D eigenvalue weighted by atomic mass is 9.87. The van der Waals surface area contributed by atoms with Gasteiger partial charge in [-0.2, -0.15) is 0 Å².